The van der Waals surface area contributed by atoms with Crippen molar-refractivity contribution < 1.29 is 37.9 Å². The molecule has 0 saturated carbocycles. The number of benzene rings is 3. The van der Waals surface area contributed by atoms with Crippen LogP contribution in [0.25, 0.3) is 22.3 Å². The van der Waals surface area contributed by atoms with Gasteiger partial charge in [-0.15, -0.1) is 0 Å². The lowest BCUT2D eigenvalue weighted by molar-refractivity contribution is 0.0592. The molecule has 1 amide bonds. The van der Waals surface area contributed by atoms with Crippen LogP contribution in [0.2, 0.25) is 0 Å². The molecule has 3 aromatic carbocycles. The fraction of sp³-hybridized carbons (Fsp3) is 0.0750. The summed E-state index contributed by atoms with van der Waals surface area (Å²) in [5.74, 6) is 4.75. The molecule has 0 spiro atoms. The second-order valence-electron chi connectivity index (χ2n) is 22.6. The van der Waals surface area contributed by atoms with Gasteiger partial charge in [-0.05, 0) is 153 Å². The number of ether oxygens (including phenoxy) is 2. The highest BCUT2D eigenvalue weighted by Crippen LogP contribution is 2.32. The fourth-order valence-corrected chi connectivity index (χ4v) is 11.4. The summed E-state index contributed by atoms with van der Waals surface area (Å²) in [5, 5.41) is 11.8. The Hall–Kier alpha value is -13.3. The van der Waals surface area contributed by atoms with Gasteiger partial charge in [0.25, 0.3) is 5.91 Å². The third-order valence-electron chi connectivity index (χ3n) is 15.1. The molecule has 12 aromatic heterocycles. The standard InChI is InChI=1S/C22H18N4O3.C21H17N5O3.C18H15BrN4O2.C9H7BrN4.C5H3Br2N.C4H5N3.CH4/c1-28-22(27)17-4-2-16(3-5-17)14-26(21-13-23-9-10-25-21)20-12-18(6-8-24-20)19-7-11-29-15-19;27-21(25-28)16-3-1-15(2-4-16)13-26(20-12-22-8-9-24-20)19-11-17(5-7-23-19)18-6-10-29-14-18;1-25-18(24)14-4-2-13(3-5-14)12-23(17-11-20-8-9-22-17)16-10-15(19)6-7-21-16;10-7-1-2-12-8(5-7)14-9-6-11-3-4-13-9;6-4-1-2-8-5(7)3-4;5-4-3-6-1-2-7-4;/h2-13,15H,14H2,1H3;1-12,14,28H,13H2,(H,25,27);2-11H,12H2,1H3;1-6H,(H,12,13,14);1-3H;1-3H,(H2,5,7);1H4. The molecule has 0 aliphatic heterocycles. The van der Waals surface area contributed by atoms with E-state index in [2.05, 4.69) is 144 Å². The number of amides is 1. The maximum atomic E-state index is 11.7. The molecule has 0 bridgehead atoms. The topological polar surface area (TPSA) is 369 Å². The van der Waals surface area contributed by atoms with E-state index >= 15 is 0 Å². The number of rotatable bonds is 19. The molecular weight excluding hydrogens is 1700 g/mol. The van der Waals surface area contributed by atoms with Crippen molar-refractivity contribution in [2.24, 2.45) is 0 Å². The molecule has 12 heterocycles. The predicted octanol–water partition coefficient (Wildman–Crippen LogP) is 17.3. The highest BCUT2D eigenvalue weighted by atomic mass is 79.9. The van der Waals surface area contributed by atoms with Crippen molar-refractivity contribution in [1.29, 1.82) is 0 Å². The van der Waals surface area contributed by atoms with Crippen LogP contribution in [-0.4, -0.2) is 112 Å². The van der Waals surface area contributed by atoms with E-state index in [9.17, 15) is 14.4 Å². The number of hydroxylamine groups is 1. The number of nitrogens with two attached hydrogens (primary N) is 1. The fourth-order valence-electron chi connectivity index (χ4n) is 9.78. The summed E-state index contributed by atoms with van der Waals surface area (Å²) in [6.07, 6.45) is 39.6. The van der Waals surface area contributed by atoms with Gasteiger partial charge >= 0.3 is 11.9 Å². The molecule has 0 saturated heterocycles. The average Bonchev–Trinajstić information content (AvgIpc) is 1.69. The van der Waals surface area contributed by atoms with E-state index < -0.39 is 5.91 Å². The Labute approximate surface area is 682 Å². The summed E-state index contributed by atoms with van der Waals surface area (Å²) in [7, 11) is 2.73. The van der Waals surface area contributed by atoms with E-state index in [1.54, 1.807) is 185 Å². The number of nitrogens with zero attached hydrogens (tertiary/aromatic N) is 18. The molecule has 15 rings (SSSR count). The largest absolute Gasteiger partial charge is 0.472 e. The van der Waals surface area contributed by atoms with Crippen LogP contribution in [0.4, 0.5) is 52.4 Å². The minimum Gasteiger partial charge on any atom is -0.472 e. The van der Waals surface area contributed by atoms with Gasteiger partial charge in [-0.25, -0.2) is 64.9 Å². The minimum absolute atomic E-state index is 0. The summed E-state index contributed by atoms with van der Waals surface area (Å²) in [6.45, 7) is 1.49. The maximum Gasteiger partial charge on any atom is 0.337 e. The monoisotopic (exact) mass is 1770 g/mol. The Balaban J connectivity index is 0.000000165. The molecule has 15 aromatic rings. The summed E-state index contributed by atoms with van der Waals surface area (Å²) in [4.78, 5) is 103. The number of nitrogen functional groups attached to an aromatic ring is 1. The number of aromatic nitrogens is 15. The van der Waals surface area contributed by atoms with Crippen molar-refractivity contribution in [2.75, 3.05) is 40.0 Å². The van der Waals surface area contributed by atoms with E-state index in [1.807, 2.05) is 124 Å². The lowest BCUT2D eigenvalue weighted by atomic mass is 10.1. The van der Waals surface area contributed by atoms with Crippen LogP contribution in [-0.2, 0) is 29.1 Å². The molecule has 0 radical (unpaired) electrons. The van der Waals surface area contributed by atoms with E-state index in [-0.39, 0.29) is 19.4 Å². The summed E-state index contributed by atoms with van der Waals surface area (Å²) < 4.78 is 23.7. The summed E-state index contributed by atoms with van der Waals surface area (Å²) in [6, 6.07) is 44.2. The minimum atomic E-state index is -0.559. The van der Waals surface area contributed by atoms with Gasteiger partial charge < -0.3 is 44.1 Å². The number of hydrogen-bond donors (Lipinski definition) is 4. The van der Waals surface area contributed by atoms with Gasteiger partial charge in [0.2, 0.25) is 0 Å². The van der Waals surface area contributed by atoms with Gasteiger partial charge in [-0.1, -0.05) is 91.6 Å². The van der Waals surface area contributed by atoms with Gasteiger partial charge in [0.05, 0.1) is 101 Å². The van der Waals surface area contributed by atoms with Crippen molar-refractivity contribution in [3.63, 3.8) is 0 Å². The number of carbonyl (C=O) groups is 3. The maximum absolute atomic E-state index is 11.7. The highest BCUT2D eigenvalue weighted by Gasteiger charge is 2.19. The van der Waals surface area contributed by atoms with Crippen LogP contribution < -0.4 is 31.2 Å². The second-order valence-corrected chi connectivity index (χ2v) is 26.2. The molecule has 570 valence electrons. The Bertz CT molecular complexity index is 5160. The first kappa shape index (κ1) is 83.7. The van der Waals surface area contributed by atoms with Crippen molar-refractivity contribution in [2.45, 2.75) is 27.1 Å². The molecule has 5 N–H and O–H groups in total. The first-order valence-corrected chi connectivity index (χ1v) is 36.4. The zero-order valence-electron chi connectivity index (χ0n) is 59.3. The van der Waals surface area contributed by atoms with Crippen LogP contribution >= 0.6 is 63.7 Å². The van der Waals surface area contributed by atoms with Crippen LogP contribution in [0.1, 0.15) is 55.2 Å². The molecule has 0 aliphatic rings. The van der Waals surface area contributed by atoms with Gasteiger partial charge in [0, 0.05) is 123 Å². The van der Waals surface area contributed by atoms with E-state index in [0.717, 1.165) is 74.4 Å². The Morgan fingerprint density at radius 3 is 1.10 bits per heavy atom. The number of esters is 2. The van der Waals surface area contributed by atoms with Crippen molar-refractivity contribution >= 4 is 134 Å². The Kier molecular flexibility index (Phi) is 32.8. The SMILES string of the molecule is Brc1ccnc(Br)c1.Brc1ccnc(Nc2cnccn2)c1.C.COC(=O)c1ccc(CN(c2cnccn2)c2cc(-c3ccoc3)ccn2)cc1.COC(=O)c1ccc(CN(c2cnccn2)c2cc(Br)ccn2)cc1.Nc1cnccn1.O=C(NO)c1ccc(CN(c2cnccn2)c2cc(-c3ccoc3)ccn2)cc1. The number of hydrogen-bond acceptors (Lipinski definition) is 28. The number of methoxy groups -OCH3 is 2. The zero-order valence-corrected chi connectivity index (χ0v) is 65.6. The quantitative estimate of drug-likeness (QED) is 0.0253. The van der Waals surface area contributed by atoms with Gasteiger partial charge in [0.15, 0.2) is 17.5 Å². The molecule has 33 heteroatoms. The average molecular weight is 1770 g/mol. The normalized spacial score (nSPS) is 10.1. The Morgan fingerprint density at radius 1 is 0.389 bits per heavy atom. The third-order valence-corrected chi connectivity index (χ3v) is 17.0. The van der Waals surface area contributed by atoms with Gasteiger partial charge in [-0.3, -0.25) is 34.9 Å². The molecule has 113 heavy (non-hydrogen) atoms. The number of nitrogens with one attached hydrogen (secondary N) is 2. The molecule has 29 nitrogen and oxygen atoms in total. The highest BCUT2D eigenvalue weighted by molar-refractivity contribution is 9.11. The van der Waals surface area contributed by atoms with Crippen LogP contribution in [0, 0.1) is 0 Å². The number of carbonyl (C=O) groups excluding carboxylic acids is 3. The number of halogens is 4. The second kappa shape index (κ2) is 44.4. The number of furan rings is 2. The smallest absolute Gasteiger partial charge is 0.337 e. The lowest BCUT2D eigenvalue weighted by Gasteiger charge is -2.23. The van der Waals surface area contributed by atoms with E-state index in [4.69, 9.17) is 29.2 Å². The van der Waals surface area contributed by atoms with E-state index in [1.165, 1.54) is 20.4 Å². The molecule has 0 atom stereocenters. The molecular formula is C80H69Br4N21O8. The molecule has 0 fully saturated rings. The lowest BCUT2D eigenvalue weighted by Crippen LogP contribution is -2.20. The first-order chi connectivity index (χ1) is 54.7. The third kappa shape index (κ3) is 26.5. The summed E-state index contributed by atoms with van der Waals surface area (Å²) >= 11 is 13.3. The molecule has 0 aliphatic carbocycles. The van der Waals surface area contributed by atoms with Crippen molar-refractivity contribution in [1.82, 2.24) is 80.2 Å². The summed E-state index contributed by atoms with van der Waals surface area (Å²) in [5.41, 5.74) is 15.0. The van der Waals surface area contributed by atoms with E-state index in [0.29, 0.717) is 71.2 Å². The van der Waals surface area contributed by atoms with Crippen LogP contribution in [0.15, 0.2) is 321 Å². The van der Waals surface area contributed by atoms with Crippen molar-refractivity contribution in [3.05, 3.63) is 346 Å². The van der Waals surface area contributed by atoms with Gasteiger partial charge in [0.1, 0.15) is 39.5 Å². The number of anilines is 9. The predicted molar refractivity (Wildman–Crippen MR) is 441 cm³/mol. The van der Waals surface area contributed by atoms with Gasteiger partial charge in [-0.2, -0.15) is 0 Å². The Morgan fingerprint density at radius 2 is 0.761 bits per heavy atom. The zero-order chi connectivity index (χ0) is 78.7. The van der Waals surface area contributed by atoms with Crippen LogP contribution in [0.5, 0.6) is 0 Å². The number of pyridine rings is 5. The van der Waals surface area contributed by atoms with Crippen molar-refractivity contribution in [3.8, 4) is 22.3 Å². The first-order valence-electron chi connectivity index (χ1n) is 33.2. The molecule has 0 unspecified atom stereocenters. The van der Waals surface area contributed by atoms with Crippen LogP contribution in [0.3, 0.4) is 0 Å².